The zero-order valence-electron chi connectivity index (χ0n) is 13.2. The molecule has 0 saturated heterocycles. The van der Waals surface area contributed by atoms with Crippen molar-refractivity contribution in [1.29, 1.82) is 0 Å². The summed E-state index contributed by atoms with van der Waals surface area (Å²) >= 11 is 0. The molecule has 0 fully saturated rings. The van der Waals surface area contributed by atoms with Crippen molar-refractivity contribution in [2.45, 2.75) is 26.7 Å². The second-order valence-electron chi connectivity index (χ2n) is 6.72. The molecular formula is C20H20O2. The van der Waals surface area contributed by atoms with Gasteiger partial charge in [-0.05, 0) is 29.2 Å². The summed E-state index contributed by atoms with van der Waals surface area (Å²) in [5.41, 5.74) is 2.90. The van der Waals surface area contributed by atoms with E-state index in [4.69, 9.17) is 4.74 Å². The summed E-state index contributed by atoms with van der Waals surface area (Å²) < 4.78 is 5.67. The molecule has 22 heavy (non-hydrogen) atoms. The average molecular weight is 292 g/mol. The summed E-state index contributed by atoms with van der Waals surface area (Å²) in [4.78, 5) is 12.3. The predicted octanol–water partition coefficient (Wildman–Crippen LogP) is 5.03. The van der Waals surface area contributed by atoms with Crippen LogP contribution in [0.15, 0.2) is 60.7 Å². The van der Waals surface area contributed by atoms with Crippen molar-refractivity contribution in [1.82, 2.24) is 0 Å². The zero-order chi connectivity index (χ0) is 15.7. The Balaban J connectivity index is 1.93. The quantitative estimate of drug-likeness (QED) is 0.726. The summed E-state index contributed by atoms with van der Waals surface area (Å²) in [7, 11) is 0. The number of carbonyl (C=O) groups is 1. The van der Waals surface area contributed by atoms with Gasteiger partial charge in [-0.3, -0.25) is 0 Å². The molecule has 1 unspecified atom stereocenters. The van der Waals surface area contributed by atoms with Gasteiger partial charge in [-0.2, -0.15) is 0 Å². The Kier molecular flexibility index (Phi) is 3.61. The topological polar surface area (TPSA) is 26.3 Å². The molecule has 112 valence electrons. The first-order valence-corrected chi connectivity index (χ1v) is 7.55. The van der Waals surface area contributed by atoms with Crippen LogP contribution < -0.4 is 0 Å². The van der Waals surface area contributed by atoms with Gasteiger partial charge in [-0.15, -0.1) is 0 Å². The highest BCUT2D eigenvalue weighted by molar-refractivity contribution is 5.93. The third kappa shape index (κ3) is 2.69. The van der Waals surface area contributed by atoms with E-state index in [0.29, 0.717) is 11.3 Å². The molecule has 0 saturated carbocycles. The van der Waals surface area contributed by atoms with Crippen molar-refractivity contribution in [3.63, 3.8) is 0 Å². The molecule has 1 aliphatic carbocycles. The number of carbonyl (C=O) groups excluding carboxylic acids is 1. The van der Waals surface area contributed by atoms with Gasteiger partial charge >= 0.3 is 5.97 Å². The summed E-state index contributed by atoms with van der Waals surface area (Å²) in [6.07, 6.45) is 2.07. The van der Waals surface area contributed by atoms with E-state index in [2.05, 4.69) is 32.9 Å². The molecule has 3 rings (SSSR count). The molecule has 2 heteroatoms. The number of hydrogen-bond donors (Lipinski definition) is 0. The van der Waals surface area contributed by atoms with E-state index in [0.717, 1.165) is 5.56 Å². The van der Waals surface area contributed by atoms with Gasteiger partial charge in [0.1, 0.15) is 5.76 Å². The first-order chi connectivity index (χ1) is 10.5. The maximum atomic E-state index is 12.3. The molecule has 0 aromatic heterocycles. The highest BCUT2D eigenvalue weighted by atomic mass is 16.5. The van der Waals surface area contributed by atoms with E-state index in [1.54, 1.807) is 12.1 Å². The Bertz CT molecular complexity index is 721. The fraction of sp³-hybridized carbons (Fsp3) is 0.250. The van der Waals surface area contributed by atoms with Crippen LogP contribution in [-0.4, -0.2) is 5.97 Å². The van der Waals surface area contributed by atoms with Crippen LogP contribution in [0.1, 0.15) is 48.2 Å². The number of fused-ring (bicyclic) bond motifs is 1. The van der Waals surface area contributed by atoms with Crippen molar-refractivity contribution < 1.29 is 9.53 Å². The van der Waals surface area contributed by atoms with Crippen LogP contribution in [-0.2, 0) is 4.74 Å². The summed E-state index contributed by atoms with van der Waals surface area (Å²) in [5.74, 6) is 0.614. The second-order valence-corrected chi connectivity index (χ2v) is 6.72. The molecule has 1 aliphatic rings. The van der Waals surface area contributed by atoms with Crippen LogP contribution in [0.5, 0.6) is 0 Å². The van der Waals surface area contributed by atoms with E-state index >= 15 is 0 Å². The van der Waals surface area contributed by atoms with Gasteiger partial charge in [0.05, 0.1) is 5.56 Å². The number of benzene rings is 2. The smallest absolute Gasteiger partial charge is 0.343 e. The molecule has 0 amide bonds. The third-order valence-electron chi connectivity index (χ3n) is 4.02. The lowest BCUT2D eigenvalue weighted by molar-refractivity contribution is 0.0692. The third-order valence-corrected chi connectivity index (χ3v) is 4.02. The maximum Gasteiger partial charge on any atom is 0.343 e. The van der Waals surface area contributed by atoms with E-state index in [-0.39, 0.29) is 17.3 Å². The van der Waals surface area contributed by atoms with Crippen LogP contribution >= 0.6 is 0 Å². The van der Waals surface area contributed by atoms with Crippen molar-refractivity contribution in [2.75, 3.05) is 0 Å². The lowest BCUT2D eigenvalue weighted by atomic mass is 9.78. The van der Waals surface area contributed by atoms with E-state index in [1.165, 1.54) is 5.56 Å². The minimum atomic E-state index is -0.309. The van der Waals surface area contributed by atoms with Gasteiger partial charge in [0.25, 0.3) is 0 Å². The van der Waals surface area contributed by atoms with Crippen molar-refractivity contribution >= 4 is 11.7 Å². The molecule has 2 nitrogen and oxygen atoms in total. The number of hydrogen-bond acceptors (Lipinski definition) is 2. The van der Waals surface area contributed by atoms with Crippen LogP contribution in [0.25, 0.3) is 5.76 Å². The zero-order valence-corrected chi connectivity index (χ0v) is 13.2. The fourth-order valence-electron chi connectivity index (χ4n) is 2.86. The second kappa shape index (κ2) is 5.45. The highest BCUT2D eigenvalue weighted by Crippen LogP contribution is 2.45. The number of ether oxygens (including phenoxy) is 1. The van der Waals surface area contributed by atoms with Crippen molar-refractivity contribution in [3.8, 4) is 0 Å². The largest absolute Gasteiger partial charge is 0.423 e. The molecular weight excluding hydrogens is 272 g/mol. The molecule has 0 radical (unpaired) electrons. The molecule has 0 spiro atoms. The Morgan fingerprint density at radius 3 is 2.27 bits per heavy atom. The number of rotatable bonds is 2. The molecule has 2 aromatic rings. The predicted molar refractivity (Wildman–Crippen MR) is 88.5 cm³/mol. The summed E-state index contributed by atoms with van der Waals surface area (Å²) in [6.45, 7) is 6.60. The van der Waals surface area contributed by atoms with Gasteiger partial charge in [0.2, 0.25) is 0 Å². The first kappa shape index (κ1) is 14.6. The molecule has 0 N–H and O–H groups in total. The minimum Gasteiger partial charge on any atom is -0.423 e. The standard InChI is InChI=1S/C20H20O2/c1-20(2,3)17-13-18(16-12-8-7-11-15(16)17)22-19(21)14-9-5-4-6-10-14/h4-13,17H,1-3H3. The molecule has 2 aromatic carbocycles. The molecule has 0 heterocycles. The van der Waals surface area contributed by atoms with Gasteiger partial charge in [-0.25, -0.2) is 4.79 Å². The molecule has 0 bridgehead atoms. The Labute approximate surface area is 131 Å². The Morgan fingerprint density at radius 1 is 0.955 bits per heavy atom. The van der Waals surface area contributed by atoms with Crippen LogP contribution in [0.4, 0.5) is 0 Å². The van der Waals surface area contributed by atoms with Crippen LogP contribution in [0, 0.1) is 5.41 Å². The van der Waals surface area contributed by atoms with Gasteiger partial charge < -0.3 is 4.74 Å². The monoisotopic (exact) mass is 292 g/mol. The fourth-order valence-corrected chi connectivity index (χ4v) is 2.86. The van der Waals surface area contributed by atoms with Crippen LogP contribution in [0.2, 0.25) is 0 Å². The van der Waals surface area contributed by atoms with Crippen molar-refractivity contribution in [3.05, 3.63) is 77.4 Å². The minimum absolute atomic E-state index is 0.0804. The summed E-state index contributed by atoms with van der Waals surface area (Å²) in [6, 6.07) is 17.3. The Hall–Kier alpha value is -2.35. The van der Waals surface area contributed by atoms with E-state index < -0.39 is 0 Å². The maximum absolute atomic E-state index is 12.3. The first-order valence-electron chi connectivity index (χ1n) is 7.55. The van der Waals surface area contributed by atoms with Gasteiger partial charge in [0, 0.05) is 11.5 Å². The van der Waals surface area contributed by atoms with E-state index in [1.807, 2.05) is 36.4 Å². The Morgan fingerprint density at radius 2 is 1.59 bits per heavy atom. The number of allylic oxidation sites excluding steroid dienone is 1. The van der Waals surface area contributed by atoms with E-state index in [9.17, 15) is 4.79 Å². The van der Waals surface area contributed by atoms with Gasteiger partial charge in [-0.1, -0.05) is 63.2 Å². The highest BCUT2D eigenvalue weighted by Gasteiger charge is 2.33. The molecule has 0 aliphatic heterocycles. The lowest BCUT2D eigenvalue weighted by Crippen LogP contribution is -2.14. The SMILES string of the molecule is CC(C)(C)C1C=C(OC(=O)c2ccccc2)c2ccccc21. The van der Waals surface area contributed by atoms with Crippen molar-refractivity contribution in [2.24, 2.45) is 5.41 Å². The average Bonchev–Trinajstić information content (AvgIpc) is 2.87. The van der Waals surface area contributed by atoms with Gasteiger partial charge in [0.15, 0.2) is 0 Å². The molecule has 1 atom stereocenters. The summed E-state index contributed by atoms with van der Waals surface area (Å²) in [5, 5.41) is 0. The lowest BCUT2D eigenvalue weighted by Gasteiger charge is -2.26. The van der Waals surface area contributed by atoms with Crippen LogP contribution in [0.3, 0.4) is 0 Å². The number of esters is 1. The normalized spacial score (nSPS) is 16.9.